The van der Waals surface area contributed by atoms with Crippen molar-refractivity contribution in [2.45, 2.75) is 11.8 Å². The maximum absolute atomic E-state index is 12.9. The number of nitrogens with one attached hydrogen (secondary N) is 1. The van der Waals surface area contributed by atoms with Crippen LogP contribution in [0.25, 0.3) is 0 Å². The average molecular weight is 361 g/mol. The van der Waals surface area contributed by atoms with Gasteiger partial charge in [0.25, 0.3) is 5.91 Å². The lowest BCUT2D eigenvalue weighted by molar-refractivity contribution is 0.102. The molecular weight excluding hydrogens is 342 g/mol. The van der Waals surface area contributed by atoms with E-state index >= 15 is 0 Å². The lowest BCUT2D eigenvalue weighted by Crippen LogP contribution is -2.15. The first-order chi connectivity index (χ1) is 12.6. The normalized spacial score (nSPS) is 10.4. The largest absolute Gasteiger partial charge is 0.321 e. The van der Waals surface area contributed by atoms with Crippen LogP contribution in [0.3, 0.4) is 0 Å². The number of ketones is 1. The van der Waals surface area contributed by atoms with Crippen molar-refractivity contribution in [2.75, 3.05) is 11.6 Å². The van der Waals surface area contributed by atoms with Gasteiger partial charge in [-0.25, -0.2) is 0 Å². The van der Waals surface area contributed by atoms with Crippen molar-refractivity contribution >= 4 is 29.1 Å². The molecule has 0 saturated carbocycles. The van der Waals surface area contributed by atoms with Crippen LogP contribution in [0.5, 0.6) is 0 Å². The highest BCUT2D eigenvalue weighted by molar-refractivity contribution is 7.98. The summed E-state index contributed by atoms with van der Waals surface area (Å²) in [6, 6.07) is 21.9. The molecule has 130 valence electrons. The first kappa shape index (κ1) is 18.0. The van der Waals surface area contributed by atoms with Gasteiger partial charge in [-0.15, -0.1) is 11.8 Å². The number of carbonyl (C=O) groups excluding carboxylic acids is 2. The van der Waals surface area contributed by atoms with E-state index < -0.39 is 0 Å². The highest BCUT2D eigenvalue weighted by Gasteiger charge is 2.16. The van der Waals surface area contributed by atoms with E-state index in [0.29, 0.717) is 22.4 Å². The molecule has 0 aliphatic carbocycles. The summed E-state index contributed by atoms with van der Waals surface area (Å²) in [4.78, 5) is 26.5. The van der Waals surface area contributed by atoms with E-state index in [-0.39, 0.29) is 11.7 Å². The van der Waals surface area contributed by atoms with Crippen molar-refractivity contribution in [3.63, 3.8) is 0 Å². The van der Waals surface area contributed by atoms with Gasteiger partial charge in [-0.3, -0.25) is 9.59 Å². The van der Waals surface area contributed by atoms with Gasteiger partial charge >= 0.3 is 0 Å². The fraction of sp³-hybridized carbons (Fsp3) is 0.0909. The van der Waals surface area contributed by atoms with E-state index in [1.807, 2.05) is 55.6 Å². The van der Waals surface area contributed by atoms with Crippen molar-refractivity contribution in [3.05, 3.63) is 95.1 Å². The Balaban J connectivity index is 1.90. The molecule has 0 bridgehead atoms. The topological polar surface area (TPSA) is 46.2 Å². The lowest BCUT2D eigenvalue weighted by atomic mass is 9.99. The monoisotopic (exact) mass is 361 g/mol. The van der Waals surface area contributed by atoms with Gasteiger partial charge in [0, 0.05) is 21.6 Å². The SMILES string of the molecule is CSc1ccc(C(=O)Nc2ccc(C)cc2C(=O)c2ccccc2)cc1. The molecule has 0 spiro atoms. The molecule has 0 unspecified atom stereocenters. The summed E-state index contributed by atoms with van der Waals surface area (Å²) in [5, 5.41) is 2.88. The predicted molar refractivity (Wildman–Crippen MR) is 107 cm³/mol. The smallest absolute Gasteiger partial charge is 0.255 e. The van der Waals surface area contributed by atoms with Crippen molar-refractivity contribution in [1.29, 1.82) is 0 Å². The summed E-state index contributed by atoms with van der Waals surface area (Å²) in [5.41, 5.74) is 3.12. The van der Waals surface area contributed by atoms with E-state index in [1.54, 1.807) is 42.1 Å². The molecule has 26 heavy (non-hydrogen) atoms. The number of carbonyl (C=O) groups is 2. The number of thioether (sulfide) groups is 1. The van der Waals surface area contributed by atoms with Gasteiger partial charge in [-0.05, 0) is 49.6 Å². The molecule has 3 aromatic carbocycles. The van der Waals surface area contributed by atoms with Crippen molar-refractivity contribution in [2.24, 2.45) is 0 Å². The molecule has 3 rings (SSSR count). The van der Waals surface area contributed by atoms with Gasteiger partial charge in [0.05, 0.1) is 5.69 Å². The highest BCUT2D eigenvalue weighted by atomic mass is 32.2. The Labute approximate surface area is 157 Å². The molecule has 1 N–H and O–H groups in total. The Morgan fingerprint density at radius 3 is 2.19 bits per heavy atom. The third-order valence-corrected chi connectivity index (χ3v) is 4.80. The van der Waals surface area contributed by atoms with Gasteiger partial charge < -0.3 is 5.32 Å². The zero-order chi connectivity index (χ0) is 18.5. The number of benzene rings is 3. The number of anilines is 1. The minimum Gasteiger partial charge on any atom is -0.321 e. The summed E-state index contributed by atoms with van der Waals surface area (Å²) in [6.45, 7) is 1.93. The van der Waals surface area contributed by atoms with E-state index in [9.17, 15) is 9.59 Å². The summed E-state index contributed by atoms with van der Waals surface area (Å²) in [7, 11) is 0. The number of amides is 1. The minimum atomic E-state index is -0.233. The molecule has 0 radical (unpaired) electrons. The van der Waals surface area contributed by atoms with Crippen LogP contribution in [0, 0.1) is 6.92 Å². The van der Waals surface area contributed by atoms with Crippen molar-refractivity contribution in [1.82, 2.24) is 0 Å². The number of rotatable bonds is 5. The Hall–Kier alpha value is -2.85. The van der Waals surface area contributed by atoms with Gasteiger partial charge in [-0.2, -0.15) is 0 Å². The van der Waals surface area contributed by atoms with Gasteiger partial charge in [-0.1, -0.05) is 42.0 Å². The second-order valence-corrected chi connectivity index (χ2v) is 6.81. The van der Waals surface area contributed by atoms with E-state index in [1.165, 1.54) is 0 Å². The summed E-state index contributed by atoms with van der Waals surface area (Å²) >= 11 is 1.62. The van der Waals surface area contributed by atoms with Crippen LogP contribution < -0.4 is 5.32 Å². The van der Waals surface area contributed by atoms with Crippen LogP contribution in [0.2, 0.25) is 0 Å². The molecule has 0 heterocycles. The Morgan fingerprint density at radius 2 is 1.54 bits per heavy atom. The second-order valence-electron chi connectivity index (χ2n) is 5.93. The van der Waals surface area contributed by atoms with Crippen LogP contribution in [-0.4, -0.2) is 17.9 Å². The van der Waals surface area contributed by atoms with Gasteiger partial charge in [0.2, 0.25) is 0 Å². The van der Waals surface area contributed by atoms with Crippen LogP contribution in [0.1, 0.15) is 31.8 Å². The molecule has 4 heteroatoms. The second kappa shape index (κ2) is 8.02. The maximum Gasteiger partial charge on any atom is 0.255 e. The maximum atomic E-state index is 12.9. The summed E-state index contributed by atoms with van der Waals surface area (Å²) in [6.07, 6.45) is 1.99. The van der Waals surface area contributed by atoms with Crippen LogP contribution in [0.4, 0.5) is 5.69 Å². The highest BCUT2D eigenvalue weighted by Crippen LogP contribution is 2.22. The third-order valence-electron chi connectivity index (χ3n) is 4.06. The van der Waals surface area contributed by atoms with E-state index in [4.69, 9.17) is 0 Å². The van der Waals surface area contributed by atoms with Crippen LogP contribution in [-0.2, 0) is 0 Å². The first-order valence-electron chi connectivity index (χ1n) is 8.24. The average Bonchev–Trinajstić information content (AvgIpc) is 2.69. The van der Waals surface area contributed by atoms with E-state index in [0.717, 1.165) is 10.5 Å². The molecule has 0 aliphatic rings. The molecule has 0 saturated heterocycles. The number of aryl methyl sites for hydroxylation is 1. The fourth-order valence-corrected chi connectivity index (χ4v) is 3.05. The fourth-order valence-electron chi connectivity index (χ4n) is 2.64. The van der Waals surface area contributed by atoms with Gasteiger partial charge in [0.15, 0.2) is 5.78 Å². The number of hydrogen-bond acceptors (Lipinski definition) is 3. The summed E-state index contributed by atoms with van der Waals surface area (Å²) < 4.78 is 0. The zero-order valence-corrected chi connectivity index (χ0v) is 15.5. The van der Waals surface area contributed by atoms with E-state index in [2.05, 4.69) is 5.32 Å². The molecule has 0 fully saturated rings. The standard InChI is InChI=1S/C22H19NO2S/c1-15-8-13-20(19(14-15)21(24)16-6-4-3-5-7-16)23-22(25)17-9-11-18(26-2)12-10-17/h3-14H,1-2H3,(H,23,25). The molecule has 0 atom stereocenters. The van der Waals surface area contributed by atoms with Crippen molar-refractivity contribution < 1.29 is 9.59 Å². The van der Waals surface area contributed by atoms with Gasteiger partial charge in [0.1, 0.15) is 0 Å². The Kier molecular flexibility index (Phi) is 5.54. The van der Waals surface area contributed by atoms with Crippen LogP contribution >= 0.6 is 11.8 Å². The quantitative estimate of drug-likeness (QED) is 0.502. The molecule has 0 aromatic heterocycles. The van der Waals surface area contributed by atoms with Crippen molar-refractivity contribution in [3.8, 4) is 0 Å². The molecule has 0 aliphatic heterocycles. The Bertz CT molecular complexity index is 934. The first-order valence-corrected chi connectivity index (χ1v) is 9.47. The lowest BCUT2D eigenvalue weighted by Gasteiger charge is -2.12. The minimum absolute atomic E-state index is 0.109. The molecular formula is C22H19NO2S. The predicted octanol–water partition coefficient (Wildman–Crippen LogP) is 5.20. The van der Waals surface area contributed by atoms with Crippen LogP contribution in [0.15, 0.2) is 77.7 Å². The molecule has 1 amide bonds. The molecule has 3 aromatic rings. The third kappa shape index (κ3) is 4.03. The molecule has 3 nitrogen and oxygen atoms in total. The zero-order valence-electron chi connectivity index (χ0n) is 14.7. The Morgan fingerprint density at radius 1 is 0.846 bits per heavy atom. The number of hydrogen-bond donors (Lipinski definition) is 1. The summed E-state index contributed by atoms with van der Waals surface area (Å²) in [5.74, 6) is -0.342.